The van der Waals surface area contributed by atoms with Gasteiger partial charge < -0.3 is 10.2 Å². The van der Waals surface area contributed by atoms with Gasteiger partial charge in [0.15, 0.2) is 0 Å². The zero-order valence-electron chi connectivity index (χ0n) is 17.6. The lowest BCUT2D eigenvalue weighted by atomic mass is 10.1. The second-order valence-corrected chi connectivity index (χ2v) is 9.17. The number of aryl methyl sites for hydroxylation is 1. The fourth-order valence-corrected chi connectivity index (χ4v) is 3.31. The van der Waals surface area contributed by atoms with E-state index in [1.807, 2.05) is 58.0 Å². The van der Waals surface area contributed by atoms with Gasteiger partial charge in [0.05, 0.1) is 16.5 Å². The Labute approximate surface area is 183 Å². The molecule has 29 heavy (non-hydrogen) atoms. The van der Waals surface area contributed by atoms with E-state index in [1.54, 1.807) is 24.0 Å². The van der Waals surface area contributed by atoms with Gasteiger partial charge in [0, 0.05) is 12.1 Å². The molecule has 2 amide bonds. The Balaban J connectivity index is 2.28. The number of halogens is 2. The Morgan fingerprint density at radius 2 is 1.72 bits per heavy atom. The number of benzene rings is 2. The fourth-order valence-electron chi connectivity index (χ4n) is 2.99. The van der Waals surface area contributed by atoms with Gasteiger partial charge in [0.2, 0.25) is 11.8 Å². The van der Waals surface area contributed by atoms with Crippen molar-refractivity contribution in [2.24, 2.45) is 0 Å². The van der Waals surface area contributed by atoms with Crippen LogP contribution in [0.2, 0.25) is 10.0 Å². The molecule has 0 bridgehead atoms. The molecule has 0 aliphatic carbocycles. The van der Waals surface area contributed by atoms with Crippen LogP contribution in [0.4, 0.5) is 0 Å². The van der Waals surface area contributed by atoms with Crippen LogP contribution in [0.1, 0.15) is 44.4 Å². The summed E-state index contributed by atoms with van der Waals surface area (Å²) in [6.07, 6.45) is 0.218. The highest BCUT2D eigenvalue weighted by molar-refractivity contribution is 6.42. The van der Waals surface area contributed by atoms with Crippen LogP contribution in [0.15, 0.2) is 42.5 Å². The minimum Gasteiger partial charge on any atom is -0.350 e. The van der Waals surface area contributed by atoms with Gasteiger partial charge >= 0.3 is 0 Å². The summed E-state index contributed by atoms with van der Waals surface area (Å²) >= 11 is 12.1. The quantitative estimate of drug-likeness (QED) is 0.680. The van der Waals surface area contributed by atoms with E-state index in [0.717, 1.165) is 16.7 Å². The maximum absolute atomic E-state index is 13.2. The SMILES string of the molecule is Cc1cccc(CC(=O)N(Cc2ccc(Cl)c(Cl)c2)[C@@H](C)C(=O)NC(C)(C)C)c1. The van der Waals surface area contributed by atoms with Crippen molar-refractivity contribution in [1.29, 1.82) is 0 Å². The maximum atomic E-state index is 13.2. The number of carbonyl (C=O) groups is 2. The first-order chi connectivity index (χ1) is 13.5. The lowest BCUT2D eigenvalue weighted by Crippen LogP contribution is -2.52. The molecule has 2 aromatic carbocycles. The Kier molecular flexibility index (Phi) is 7.73. The van der Waals surface area contributed by atoms with Crippen LogP contribution >= 0.6 is 23.2 Å². The molecule has 0 fully saturated rings. The number of rotatable bonds is 6. The maximum Gasteiger partial charge on any atom is 0.242 e. The summed E-state index contributed by atoms with van der Waals surface area (Å²) in [4.78, 5) is 27.5. The van der Waals surface area contributed by atoms with Gasteiger partial charge in [-0.05, 0) is 57.9 Å². The number of nitrogens with one attached hydrogen (secondary N) is 1. The van der Waals surface area contributed by atoms with Crippen molar-refractivity contribution in [2.45, 2.75) is 59.2 Å². The van der Waals surface area contributed by atoms with E-state index in [9.17, 15) is 9.59 Å². The molecule has 0 heterocycles. The molecule has 0 saturated carbocycles. The van der Waals surface area contributed by atoms with Gasteiger partial charge in [0.25, 0.3) is 0 Å². The summed E-state index contributed by atoms with van der Waals surface area (Å²) in [6.45, 7) is 9.73. The third kappa shape index (κ3) is 7.06. The molecule has 0 saturated heterocycles. The highest BCUT2D eigenvalue weighted by Crippen LogP contribution is 2.24. The van der Waals surface area contributed by atoms with E-state index in [-0.39, 0.29) is 30.3 Å². The summed E-state index contributed by atoms with van der Waals surface area (Å²) in [5.74, 6) is -0.326. The van der Waals surface area contributed by atoms with Gasteiger partial charge in [-0.3, -0.25) is 9.59 Å². The third-order valence-corrected chi connectivity index (χ3v) is 5.18. The predicted octanol–water partition coefficient (Wildman–Crippen LogP) is 5.18. The smallest absolute Gasteiger partial charge is 0.242 e. The standard InChI is InChI=1S/C23H28Cl2N2O2/c1-15-7-6-8-17(11-15)13-21(28)27(16(2)22(29)26-23(3,4)5)14-18-9-10-19(24)20(25)12-18/h6-12,16H,13-14H2,1-5H3,(H,26,29)/t16-/m0/s1. The molecule has 0 spiro atoms. The first kappa shape index (κ1) is 23.2. The normalized spacial score (nSPS) is 12.4. The average molecular weight is 435 g/mol. The summed E-state index contributed by atoms with van der Waals surface area (Å²) in [6, 6.07) is 12.4. The van der Waals surface area contributed by atoms with Gasteiger partial charge in [-0.1, -0.05) is 59.1 Å². The average Bonchev–Trinajstić information content (AvgIpc) is 2.60. The van der Waals surface area contributed by atoms with Crippen molar-refractivity contribution in [2.75, 3.05) is 0 Å². The first-order valence-corrected chi connectivity index (χ1v) is 10.3. The van der Waals surface area contributed by atoms with E-state index in [2.05, 4.69) is 5.32 Å². The van der Waals surface area contributed by atoms with Crippen molar-refractivity contribution in [3.8, 4) is 0 Å². The van der Waals surface area contributed by atoms with Crippen LogP contribution in [0.5, 0.6) is 0 Å². The van der Waals surface area contributed by atoms with Crippen molar-refractivity contribution in [3.05, 3.63) is 69.2 Å². The lowest BCUT2D eigenvalue weighted by Gasteiger charge is -2.31. The topological polar surface area (TPSA) is 49.4 Å². The molecular formula is C23H28Cl2N2O2. The Morgan fingerprint density at radius 3 is 2.31 bits per heavy atom. The van der Waals surface area contributed by atoms with Crippen LogP contribution in [0.25, 0.3) is 0 Å². The van der Waals surface area contributed by atoms with Gasteiger partial charge in [-0.2, -0.15) is 0 Å². The number of hydrogen-bond donors (Lipinski definition) is 1. The minimum absolute atomic E-state index is 0.127. The van der Waals surface area contributed by atoms with Crippen molar-refractivity contribution in [3.63, 3.8) is 0 Å². The van der Waals surface area contributed by atoms with E-state index in [0.29, 0.717) is 10.0 Å². The van der Waals surface area contributed by atoms with Crippen LogP contribution in [0, 0.1) is 6.92 Å². The molecule has 0 unspecified atom stereocenters. The van der Waals surface area contributed by atoms with E-state index in [1.165, 1.54) is 0 Å². The highest BCUT2D eigenvalue weighted by Gasteiger charge is 2.28. The van der Waals surface area contributed by atoms with Crippen molar-refractivity contribution in [1.82, 2.24) is 10.2 Å². The molecule has 4 nitrogen and oxygen atoms in total. The molecule has 0 aliphatic rings. The first-order valence-electron chi connectivity index (χ1n) is 9.57. The number of carbonyl (C=O) groups excluding carboxylic acids is 2. The fraction of sp³-hybridized carbons (Fsp3) is 0.391. The summed E-state index contributed by atoms with van der Waals surface area (Å²) in [5.41, 5.74) is 2.43. The molecule has 0 radical (unpaired) electrons. The molecule has 0 aromatic heterocycles. The zero-order valence-corrected chi connectivity index (χ0v) is 19.1. The third-order valence-electron chi connectivity index (χ3n) is 4.44. The van der Waals surface area contributed by atoms with Gasteiger partial charge in [-0.15, -0.1) is 0 Å². The molecular weight excluding hydrogens is 407 g/mol. The van der Waals surface area contributed by atoms with Crippen LogP contribution < -0.4 is 5.32 Å². The minimum atomic E-state index is -0.638. The number of hydrogen-bond acceptors (Lipinski definition) is 2. The number of nitrogens with zero attached hydrogens (tertiary/aromatic N) is 1. The molecule has 1 N–H and O–H groups in total. The Bertz CT molecular complexity index is 891. The summed E-state index contributed by atoms with van der Waals surface area (Å²) in [7, 11) is 0. The molecule has 1 atom stereocenters. The molecule has 2 rings (SSSR count). The second kappa shape index (κ2) is 9.64. The van der Waals surface area contributed by atoms with E-state index >= 15 is 0 Å². The Morgan fingerprint density at radius 1 is 1.03 bits per heavy atom. The van der Waals surface area contributed by atoms with Crippen LogP contribution in [-0.4, -0.2) is 28.3 Å². The van der Waals surface area contributed by atoms with Crippen molar-refractivity contribution >= 4 is 35.0 Å². The lowest BCUT2D eigenvalue weighted by molar-refractivity contribution is -0.140. The predicted molar refractivity (Wildman–Crippen MR) is 119 cm³/mol. The molecule has 2 aromatic rings. The van der Waals surface area contributed by atoms with Crippen LogP contribution in [0.3, 0.4) is 0 Å². The summed E-state index contributed by atoms with van der Waals surface area (Å²) < 4.78 is 0. The molecule has 156 valence electrons. The second-order valence-electron chi connectivity index (χ2n) is 8.35. The monoisotopic (exact) mass is 434 g/mol. The van der Waals surface area contributed by atoms with Crippen molar-refractivity contribution < 1.29 is 9.59 Å². The van der Waals surface area contributed by atoms with E-state index in [4.69, 9.17) is 23.2 Å². The highest BCUT2D eigenvalue weighted by atomic mass is 35.5. The Hall–Kier alpha value is -2.04. The van der Waals surface area contributed by atoms with E-state index < -0.39 is 6.04 Å². The number of amides is 2. The summed E-state index contributed by atoms with van der Waals surface area (Å²) in [5, 5.41) is 3.82. The molecule has 0 aliphatic heterocycles. The largest absolute Gasteiger partial charge is 0.350 e. The zero-order chi connectivity index (χ0) is 21.8. The van der Waals surface area contributed by atoms with Crippen LogP contribution in [-0.2, 0) is 22.6 Å². The molecule has 6 heteroatoms. The van der Waals surface area contributed by atoms with Gasteiger partial charge in [-0.25, -0.2) is 0 Å². The van der Waals surface area contributed by atoms with Gasteiger partial charge in [0.1, 0.15) is 6.04 Å².